The standard InChI is InChI=1S/C21H25BrN2O4/c1-13-10-17(22)11-14(2)19(13)28-15(3)20(25)24-18-7-5-6-16(12-18)21(26)23-8-9-27-4/h5-7,10-12,15H,8-9H2,1-4H3,(H,23,26)(H,24,25). The second-order valence-electron chi connectivity index (χ2n) is 6.45. The topological polar surface area (TPSA) is 76.7 Å². The summed E-state index contributed by atoms with van der Waals surface area (Å²) in [6.45, 7) is 6.42. The van der Waals surface area contributed by atoms with Crippen LogP contribution in [0.3, 0.4) is 0 Å². The van der Waals surface area contributed by atoms with Crippen LogP contribution < -0.4 is 15.4 Å². The number of rotatable bonds is 8. The first kappa shape index (κ1) is 21.9. The van der Waals surface area contributed by atoms with Crippen molar-refractivity contribution in [2.45, 2.75) is 26.9 Å². The summed E-state index contributed by atoms with van der Waals surface area (Å²) in [5.74, 6) is 0.175. The van der Waals surface area contributed by atoms with Crippen molar-refractivity contribution in [3.05, 3.63) is 57.6 Å². The van der Waals surface area contributed by atoms with E-state index in [0.717, 1.165) is 15.6 Å². The molecule has 2 rings (SSSR count). The highest BCUT2D eigenvalue weighted by atomic mass is 79.9. The third-order valence-electron chi connectivity index (χ3n) is 4.07. The molecule has 1 unspecified atom stereocenters. The fourth-order valence-electron chi connectivity index (χ4n) is 2.66. The smallest absolute Gasteiger partial charge is 0.265 e. The van der Waals surface area contributed by atoms with Crippen LogP contribution in [0.4, 0.5) is 5.69 Å². The number of benzene rings is 2. The molecule has 2 amide bonds. The van der Waals surface area contributed by atoms with E-state index in [-0.39, 0.29) is 11.8 Å². The minimum Gasteiger partial charge on any atom is -0.480 e. The summed E-state index contributed by atoms with van der Waals surface area (Å²) in [5.41, 5.74) is 2.88. The maximum atomic E-state index is 12.5. The SMILES string of the molecule is COCCNC(=O)c1cccc(NC(=O)C(C)Oc2c(C)cc(Br)cc2C)c1. The number of ether oxygens (including phenoxy) is 2. The molecule has 28 heavy (non-hydrogen) atoms. The predicted octanol–water partition coefficient (Wildman–Crippen LogP) is 3.85. The zero-order valence-corrected chi connectivity index (χ0v) is 18.1. The van der Waals surface area contributed by atoms with Crippen molar-refractivity contribution < 1.29 is 19.1 Å². The van der Waals surface area contributed by atoms with Gasteiger partial charge in [-0.3, -0.25) is 9.59 Å². The van der Waals surface area contributed by atoms with Gasteiger partial charge in [0.15, 0.2) is 6.10 Å². The molecule has 0 aliphatic heterocycles. The van der Waals surface area contributed by atoms with E-state index >= 15 is 0 Å². The molecule has 1 atom stereocenters. The summed E-state index contributed by atoms with van der Waals surface area (Å²) in [6.07, 6.45) is -0.697. The highest BCUT2D eigenvalue weighted by Gasteiger charge is 2.18. The lowest BCUT2D eigenvalue weighted by molar-refractivity contribution is -0.122. The summed E-state index contributed by atoms with van der Waals surface area (Å²) in [5, 5.41) is 5.54. The van der Waals surface area contributed by atoms with Gasteiger partial charge in [-0.15, -0.1) is 0 Å². The lowest BCUT2D eigenvalue weighted by Gasteiger charge is -2.18. The maximum absolute atomic E-state index is 12.5. The molecule has 0 saturated carbocycles. The lowest BCUT2D eigenvalue weighted by atomic mass is 10.1. The molecule has 2 aromatic carbocycles. The van der Waals surface area contributed by atoms with Gasteiger partial charge in [-0.05, 0) is 62.2 Å². The number of halogens is 1. The van der Waals surface area contributed by atoms with Crippen LogP contribution in [0.15, 0.2) is 40.9 Å². The van der Waals surface area contributed by atoms with Crippen LogP contribution in [0.25, 0.3) is 0 Å². The molecule has 0 bridgehead atoms. The van der Waals surface area contributed by atoms with Gasteiger partial charge in [-0.25, -0.2) is 0 Å². The summed E-state index contributed by atoms with van der Waals surface area (Å²) in [7, 11) is 1.57. The molecule has 0 spiro atoms. The normalized spacial score (nSPS) is 11.6. The molecule has 0 heterocycles. The van der Waals surface area contributed by atoms with E-state index in [1.165, 1.54) is 0 Å². The fraction of sp³-hybridized carbons (Fsp3) is 0.333. The van der Waals surface area contributed by atoms with Crippen LogP contribution in [0.5, 0.6) is 5.75 Å². The minimum atomic E-state index is -0.697. The predicted molar refractivity (Wildman–Crippen MR) is 113 cm³/mol. The molecule has 2 aromatic rings. The summed E-state index contributed by atoms with van der Waals surface area (Å²) < 4.78 is 11.8. The summed E-state index contributed by atoms with van der Waals surface area (Å²) >= 11 is 3.45. The molecule has 0 aromatic heterocycles. The highest BCUT2D eigenvalue weighted by Crippen LogP contribution is 2.28. The fourth-order valence-corrected chi connectivity index (χ4v) is 3.35. The molecule has 7 heteroatoms. The van der Waals surface area contributed by atoms with Gasteiger partial charge in [-0.2, -0.15) is 0 Å². The number of aryl methyl sites for hydroxylation is 2. The largest absolute Gasteiger partial charge is 0.480 e. The van der Waals surface area contributed by atoms with Gasteiger partial charge in [0, 0.05) is 29.4 Å². The van der Waals surface area contributed by atoms with Crippen molar-refractivity contribution in [3.8, 4) is 5.75 Å². The Kier molecular flexibility index (Phi) is 8.02. The quantitative estimate of drug-likeness (QED) is 0.601. The number of carbonyl (C=O) groups is 2. The number of hydrogen-bond acceptors (Lipinski definition) is 4. The summed E-state index contributed by atoms with van der Waals surface area (Å²) in [4.78, 5) is 24.7. The zero-order chi connectivity index (χ0) is 20.7. The Balaban J connectivity index is 2.02. The van der Waals surface area contributed by atoms with Crippen molar-refractivity contribution in [2.75, 3.05) is 25.6 Å². The van der Waals surface area contributed by atoms with E-state index < -0.39 is 6.10 Å². The monoisotopic (exact) mass is 448 g/mol. The van der Waals surface area contributed by atoms with Crippen molar-refractivity contribution in [2.24, 2.45) is 0 Å². The third-order valence-corrected chi connectivity index (χ3v) is 4.53. The number of amides is 2. The van der Waals surface area contributed by atoms with Crippen LogP contribution in [0.1, 0.15) is 28.4 Å². The van der Waals surface area contributed by atoms with Gasteiger partial charge in [0.05, 0.1) is 6.61 Å². The molecule has 0 fully saturated rings. The van der Waals surface area contributed by atoms with E-state index in [9.17, 15) is 9.59 Å². The molecule has 6 nitrogen and oxygen atoms in total. The third kappa shape index (κ3) is 6.07. The molecule has 150 valence electrons. The highest BCUT2D eigenvalue weighted by molar-refractivity contribution is 9.10. The van der Waals surface area contributed by atoms with Gasteiger partial charge in [0.25, 0.3) is 11.8 Å². The number of methoxy groups -OCH3 is 1. The van der Waals surface area contributed by atoms with Crippen molar-refractivity contribution in [1.29, 1.82) is 0 Å². The number of hydrogen-bond donors (Lipinski definition) is 2. The van der Waals surface area contributed by atoms with Gasteiger partial charge in [0.2, 0.25) is 0 Å². The molecule has 0 saturated heterocycles. The van der Waals surface area contributed by atoms with E-state index in [0.29, 0.717) is 30.2 Å². The number of nitrogens with one attached hydrogen (secondary N) is 2. The van der Waals surface area contributed by atoms with Crippen LogP contribution in [-0.2, 0) is 9.53 Å². The van der Waals surface area contributed by atoms with Crippen LogP contribution in [-0.4, -0.2) is 38.2 Å². The average Bonchev–Trinajstić information content (AvgIpc) is 2.64. The Morgan fingerprint density at radius 3 is 2.46 bits per heavy atom. The first-order chi connectivity index (χ1) is 13.3. The van der Waals surface area contributed by atoms with Gasteiger partial charge >= 0.3 is 0 Å². The van der Waals surface area contributed by atoms with Crippen LogP contribution in [0, 0.1) is 13.8 Å². The molecule has 2 N–H and O–H groups in total. The second-order valence-corrected chi connectivity index (χ2v) is 7.36. The molecule has 0 radical (unpaired) electrons. The first-order valence-corrected chi connectivity index (χ1v) is 9.72. The Hall–Kier alpha value is -2.38. The molecular formula is C21H25BrN2O4. The van der Waals surface area contributed by atoms with E-state index in [2.05, 4.69) is 26.6 Å². The Morgan fingerprint density at radius 2 is 1.82 bits per heavy atom. The lowest BCUT2D eigenvalue weighted by Crippen LogP contribution is -2.31. The Labute approximate surface area is 173 Å². The van der Waals surface area contributed by atoms with Gasteiger partial charge < -0.3 is 20.1 Å². The Bertz CT molecular complexity index is 831. The second kappa shape index (κ2) is 10.2. The maximum Gasteiger partial charge on any atom is 0.265 e. The van der Waals surface area contributed by atoms with Crippen molar-refractivity contribution in [3.63, 3.8) is 0 Å². The molecule has 0 aliphatic carbocycles. The molecular weight excluding hydrogens is 424 g/mol. The number of carbonyl (C=O) groups excluding carboxylic acids is 2. The molecule has 0 aliphatic rings. The zero-order valence-electron chi connectivity index (χ0n) is 16.5. The summed E-state index contributed by atoms with van der Waals surface area (Å²) in [6, 6.07) is 10.6. The van der Waals surface area contributed by atoms with Gasteiger partial charge in [-0.1, -0.05) is 22.0 Å². The van der Waals surface area contributed by atoms with E-state index in [4.69, 9.17) is 9.47 Å². The van der Waals surface area contributed by atoms with Crippen molar-refractivity contribution in [1.82, 2.24) is 5.32 Å². The van der Waals surface area contributed by atoms with Crippen LogP contribution in [0.2, 0.25) is 0 Å². The van der Waals surface area contributed by atoms with E-state index in [1.807, 2.05) is 26.0 Å². The van der Waals surface area contributed by atoms with Gasteiger partial charge in [0.1, 0.15) is 5.75 Å². The van der Waals surface area contributed by atoms with Crippen LogP contribution >= 0.6 is 15.9 Å². The Morgan fingerprint density at radius 1 is 1.14 bits per heavy atom. The van der Waals surface area contributed by atoms with E-state index in [1.54, 1.807) is 38.3 Å². The van der Waals surface area contributed by atoms with Crippen molar-refractivity contribution >= 4 is 33.4 Å². The minimum absolute atomic E-state index is 0.224. The average molecular weight is 449 g/mol. The first-order valence-electron chi connectivity index (χ1n) is 8.93. The number of anilines is 1.